The van der Waals surface area contributed by atoms with Crippen molar-refractivity contribution in [3.63, 3.8) is 0 Å². The van der Waals surface area contributed by atoms with Crippen LogP contribution in [0.1, 0.15) is 19.4 Å². The molecule has 0 aromatic heterocycles. The first-order valence-electron chi connectivity index (χ1n) is 9.59. The van der Waals surface area contributed by atoms with Crippen molar-refractivity contribution < 1.29 is 27.6 Å². The predicted molar refractivity (Wildman–Crippen MR) is 104 cm³/mol. The summed E-state index contributed by atoms with van der Waals surface area (Å²) >= 11 is 0. The Kier molecular flexibility index (Phi) is 6.04. The van der Waals surface area contributed by atoms with Crippen LogP contribution >= 0.6 is 0 Å². The molecule has 2 aliphatic heterocycles. The van der Waals surface area contributed by atoms with Gasteiger partial charge in [-0.3, -0.25) is 29.1 Å². The molecule has 1 fully saturated rings. The van der Waals surface area contributed by atoms with Crippen molar-refractivity contribution >= 4 is 29.1 Å². The average molecular weight is 427 g/mol. The highest BCUT2D eigenvalue weighted by Crippen LogP contribution is 2.37. The lowest BCUT2D eigenvalue weighted by Crippen LogP contribution is -2.58. The number of rotatable bonds is 4. The van der Waals surface area contributed by atoms with E-state index in [4.69, 9.17) is 5.73 Å². The standard InChI is InChI=1S/C19H24F3N5O3/c1-11(17(23)29)25-5-7-26(8-6-25)12(2)18(30)27-10-16(28)24-14-9-13(19(20,21)22)3-4-15(14)27/h3-4,9,11-12H,5-8,10H2,1-2H3,(H2,23,29)(H,24,28)/t11-,12+/m1/s1. The van der Waals surface area contributed by atoms with Crippen LogP contribution in [0.4, 0.5) is 24.5 Å². The fourth-order valence-electron chi connectivity index (χ4n) is 3.74. The maximum Gasteiger partial charge on any atom is 0.416 e. The van der Waals surface area contributed by atoms with Gasteiger partial charge in [0, 0.05) is 26.2 Å². The molecule has 1 aromatic rings. The van der Waals surface area contributed by atoms with Gasteiger partial charge in [0.2, 0.25) is 17.7 Å². The van der Waals surface area contributed by atoms with E-state index in [9.17, 15) is 27.6 Å². The SMILES string of the molecule is C[C@H](C(N)=O)N1CCN([C@@H](C)C(=O)N2CC(=O)Nc3cc(C(F)(F)F)ccc32)CC1. The molecule has 2 heterocycles. The smallest absolute Gasteiger partial charge is 0.368 e. The van der Waals surface area contributed by atoms with Gasteiger partial charge in [0.05, 0.1) is 29.0 Å². The van der Waals surface area contributed by atoms with Crippen LogP contribution in [0.3, 0.4) is 0 Å². The Bertz CT molecular complexity index is 852. The summed E-state index contributed by atoms with van der Waals surface area (Å²) in [6.45, 7) is 5.30. The van der Waals surface area contributed by atoms with E-state index in [1.165, 1.54) is 11.0 Å². The zero-order valence-electron chi connectivity index (χ0n) is 16.7. The van der Waals surface area contributed by atoms with Crippen molar-refractivity contribution in [1.82, 2.24) is 9.80 Å². The molecule has 0 bridgehead atoms. The largest absolute Gasteiger partial charge is 0.416 e. The van der Waals surface area contributed by atoms with Crippen molar-refractivity contribution in [2.24, 2.45) is 5.73 Å². The number of fused-ring (bicyclic) bond motifs is 1. The molecule has 0 spiro atoms. The Labute approximate surface area is 171 Å². The van der Waals surface area contributed by atoms with Crippen molar-refractivity contribution in [2.45, 2.75) is 32.1 Å². The van der Waals surface area contributed by atoms with Gasteiger partial charge in [-0.1, -0.05) is 0 Å². The van der Waals surface area contributed by atoms with E-state index in [-0.39, 0.29) is 23.8 Å². The first-order chi connectivity index (χ1) is 14.0. The normalized spacial score (nSPS) is 20.3. The number of primary amides is 1. The molecule has 11 heteroatoms. The molecule has 0 radical (unpaired) electrons. The molecule has 8 nitrogen and oxygen atoms in total. The summed E-state index contributed by atoms with van der Waals surface area (Å²) in [7, 11) is 0. The fraction of sp³-hybridized carbons (Fsp3) is 0.526. The van der Waals surface area contributed by atoms with Gasteiger partial charge in [-0.25, -0.2) is 0 Å². The first-order valence-corrected chi connectivity index (χ1v) is 9.59. The van der Waals surface area contributed by atoms with Crippen molar-refractivity contribution in [1.29, 1.82) is 0 Å². The van der Waals surface area contributed by atoms with Gasteiger partial charge >= 0.3 is 6.18 Å². The lowest BCUT2D eigenvalue weighted by molar-refractivity contribution is -0.137. The summed E-state index contributed by atoms with van der Waals surface area (Å²) in [5.74, 6) is -1.34. The molecule has 3 N–H and O–H groups in total. The first kappa shape index (κ1) is 22.0. The lowest BCUT2D eigenvalue weighted by atomic mass is 10.1. The molecule has 2 atom stereocenters. The van der Waals surface area contributed by atoms with Gasteiger partial charge in [-0.2, -0.15) is 13.2 Å². The van der Waals surface area contributed by atoms with Gasteiger partial charge in [0.25, 0.3) is 0 Å². The Morgan fingerprint density at radius 1 is 1.07 bits per heavy atom. The topological polar surface area (TPSA) is 99.0 Å². The van der Waals surface area contributed by atoms with Gasteiger partial charge < -0.3 is 11.1 Å². The molecule has 3 amide bonds. The van der Waals surface area contributed by atoms with Crippen LogP contribution < -0.4 is 16.0 Å². The second kappa shape index (κ2) is 8.23. The third-order valence-electron chi connectivity index (χ3n) is 5.67. The van der Waals surface area contributed by atoms with Crippen LogP contribution in [-0.4, -0.2) is 72.3 Å². The van der Waals surface area contributed by atoms with Crippen molar-refractivity contribution in [3.8, 4) is 0 Å². The maximum atomic E-state index is 13.1. The van der Waals surface area contributed by atoms with E-state index < -0.39 is 35.6 Å². The summed E-state index contributed by atoms with van der Waals surface area (Å²) in [4.78, 5) is 41.6. The number of carbonyl (C=O) groups excluding carboxylic acids is 3. The van der Waals surface area contributed by atoms with Crippen LogP contribution in [-0.2, 0) is 20.6 Å². The number of piperazine rings is 1. The molecule has 1 aromatic carbocycles. The number of halogens is 3. The monoisotopic (exact) mass is 427 g/mol. The molecule has 3 rings (SSSR count). The third-order valence-corrected chi connectivity index (χ3v) is 5.67. The quantitative estimate of drug-likeness (QED) is 0.743. The lowest BCUT2D eigenvalue weighted by Gasteiger charge is -2.41. The fourth-order valence-corrected chi connectivity index (χ4v) is 3.74. The Morgan fingerprint density at radius 3 is 2.17 bits per heavy atom. The number of nitrogens with zero attached hydrogens (tertiary/aromatic N) is 3. The van der Waals surface area contributed by atoms with E-state index in [0.29, 0.717) is 26.2 Å². The van der Waals surface area contributed by atoms with Crippen molar-refractivity contribution in [3.05, 3.63) is 23.8 Å². The summed E-state index contributed by atoms with van der Waals surface area (Å²) in [6, 6.07) is 1.94. The van der Waals surface area contributed by atoms with E-state index in [2.05, 4.69) is 5.32 Å². The van der Waals surface area contributed by atoms with Crippen LogP contribution in [0.15, 0.2) is 18.2 Å². The van der Waals surface area contributed by atoms with Gasteiger partial charge in [-0.15, -0.1) is 0 Å². The zero-order chi connectivity index (χ0) is 22.2. The molecular weight excluding hydrogens is 403 g/mol. The minimum atomic E-state index is -4.55. The van der Waals surface area contributed by atoms with E-state index in [0.717, 1.165) is 12.1 Å². The summed E-state index contributed by atoms with van der Waals surface area (Å²) < 4.78 is 39.0. The second-order valence-electron chi connectivity index (χ2n) is 7.53. The average Bonchev–Trinajstić information content (AvgIpc) is 2.70. The Balaban J connectivity index is 1.74. The number of nitrogens with one attached hydrogen (secondary N) is 1. The van der Waals surface area contributed by atoms with Crippen molar-refractivity contribution in [2.75, 3.05) is 42.9 Å². The van der Waals surface area contributed by atoms with Crippen LogP contribution in [0, 0.1) is 0 Å². The van der Waals surface area contributed by atoms with Crippen LogP contribution in [0.2, 0.25) is 0 Å². The highest BCUT2D eigenvalue weighted by atomic mass is 19.4. The highest BCUT2D eigenvalue weighted by molar-refractivity contribution is 6.11. The van der Waals surface area contributed by atoms with Crippen LogP contribution in [0.5, 0.6) is 0 Å². The predicted octanol–water partition coefficient (Wildman–Crippen LogP) is 0.870. The highest BCUT2D eigenvalue weighted by Gasteiger charge is 2.37. The summed E-state index contributed by atoms with van der Waals surface area (Å²) in [5.41, 5.74) is 4.64. The molecule has 0 saturated carbocycles. The molecule has 0 aliphatic carbocycles. The zero-order valence-corrected chi connectivity index (χ0v) is 16.7. The minimum Gasteiger partial charge on any atom is -0.368 e. The van der Waals surface area contributed by atoms with Crippen LogP contribution in [0.25, 0.3) is 0 Å². The Morgan fingerprint density at radius 2 is 1.63 bits per heavy atom. The molecule has 30 heavy (non-hydrogen) atoms. The molecular formula is C19H24F3N5O3. The number of amides is 3. The van der Waals surface area contributed by atoms with Gasteiger partial charge in [0.1, 0.15) is 6.54 Å². The molecule has 164 valence electrons. The molecule has 0 unspecified atom stereocenters. The van der Waals surface area contributed by atoms with Gasteiger partial charge in [-0.05, 0) is 32.0 Å². The molecule has 2 aliphatic rings. The van der Waals surface area contributed by atoms with Gasteiger partial charge in [0.15, 0.2) is 0 Å². The number of hydrogen-bond donors (Lipinski definition) is 2. The van der Waals surface area contributed by atoms with E-state index >= 15 is 0 Å². The number of benzene rings is 1. The number of hydrogen-bond acceptors (Lipinski definition) is 5. The third kappa shape index (κ3) is 4.41. The Hall–Kier alpha value is -2.66. The summed E-state index contributed by atoms with van der Waals surface area (Å²) in [6.07, 6.45) is -4.55. The molecule has 1 saturated heterocycles. The summed E-state index contributed by atoms with van der Waals surface area (Å²) in [5, 5.41) is 2.41. The maximum absolute atomic E-state index is 13.1. The van der Waals surface area contributed by atoms with E-state index in [1.807, 2.05) is 9.80 Å². The number of alkyl halides is 3. The number of nitrogens with two attached hydrogens (primary N) is 1. The number of carbonyl (C=O) groups is 3. The number of anilines is 2. The second-order valence-corrected chi connectivity index (χ2v) is 7.53. The van der Waals surface area contributed by atoms with E-state index in [1.54, 1.807) is 13.8 Å². The minimum absolute atomic E-state index is 0.0401.